The van der Waals surface area contributed by atoms with Gasteiger partial charge in [-0.1, -0.05) is 0 Å². The molecule has 1 amide bonds. The Morgan fingerprint density at radius 2 is 2.21 bits per heavy atom. The zero-order chi connectivity index (χ0) is 13.2. The van der Waals surface area contributed by atoms with E-state index in [1.54, 1.807) is 6.33 Å². The lowest BCUT2D eigenvalue weighted by molar-refractivity contribution is 0.0924. The van der Waals surface area contributed by atoms with E-state index < -0.39 is 0 Å². The van der Waals surface area contributed by atoms with Crippen molar-refractivity contribution in [2.24, 2.45) is 0 Å². The van der Waals surface area contributed by atoms with Gasteiger partial charge in [0.2, 0.25) is 0 Å². The SMILES string of the molecule is BN1CCC(NC(=O)c2ccc3nc[nH]c3c2)CC1. The first kappa shape index (κ1) is 12.2. The fraction of sp³-hybridized carbons (Fsp3) is 0.385. The van der Waals surface area contributed by atoms with E-state index in [9.17, 15) is 4.79 Å². The van der Waals surface area contributed by atoms with Gasteiger partial charge >= 0.3 is 0 Å². The Bertz CT molecular complexity index is 589. The number of nitrogens with zero attached hydrogens (tertiary/aromatic N) is 2. The van der Waals surface area contributed by atoms with Crippen molar-refractivity contribution in [3.05, 3.63) is 30.1 Å². The molecule has 6 heteroatoms. The number of fused-ring (bicyclic) bond motifs is 1. The van der Waals surface area contributed by atoms with Gasteiger partial charge in [-0.25, -0.2) is 4.98 Å². The van der Waals surface area contributed by atoms with E-state index in [-0.39, 0.29) is 5.91 Å². The molecule has 2 aromatic rings. The van der Waals surface area contributed by atoms with Crippen LogP contribution in [0.4, 0.5) is 0 Å². The fourth-order valence-electron chi connectivity index (χ4n) is 2.50. The Labute approximate surface area is 112 Å². The van der Waals surface area contributed by atoms with Gasteiger partial charge < -0.3 is 15.1 Å². The van der Waals surface area contributed by atoms with Crippen molar-refractivity contribution in [2.45, 2.75) is 18.9 Å². The molecule has 0 aliphatic carbocycles. The molecule has 1 fully saturated rings. The Hall–Kier alpha value is -1.82. The third-order valence-corrected chi connectivity index (χ3v) is 3.74. The summed E-state index contributed by atoms with van der Waals surface area (Å²) >= 11 is 0. The molecule has 2 heterocycles. The largest absolute Gasteiger partial charge is 0.349 e. The third kappa shape index (κ3) is 2.63. The summed E-state index contributed by atoms with van der Waals surface area (Å²) in [6.45, 7) is 2.09. The second kappa shape index (κ2) is 5.05. The zero-order valence-electron chi connectivity index (χ0n) is 11.0. The molecule has 0 spiro atoms. The molecule has 1 aromatic heterocycles. The van der Waals surface area contributed by atoms with Crippen LogP contribution < -0.4 is 5.32 Å². The molecule has 0 atom stereocenters. The normalized spacial score (nSPS) is 17.7. The first-order valence-corrected chi connectivity index (χ1v) is 6.65. The Balaban J connectivity index is 1.69. The minimum absolute atomic E-state index is 0.00560. The average Bonchev–Trinajstić information content (AvgIpc) is 2.88. The molecule has 3 rings (SSSR count). The van der Waals surface area contributed by atoms with E-state index in [1.165, 1.54) is 0 Å². The highest BCUT2D eigenvalue weighted by Gasteiger charge is 2.19. The van der Waals surface area contributed by atoms with Gasteiger partial charge in [0.05, 0.1) is 17.4 Å². The maximum atomic E-state index is 12.2. The van der Waals surface area contributed by atoms with E-state index in [2.05, 4.69) is 28.1 Å². The number of H-pyrrole nitrogens is 1. The van der Waals surface area contributed by atoms with Crippen LogP contribution in [-0.4, -0.2) is 47.8 Å². The molecule has 5 nitrogen and oxygen atoms in total. The predicted octanol–water partition coefficient (Wildman–Crippen LogP) is 0.305. The van der Waals surface area contributed by atoms with Gasteiger partial charge in [-0.2, -0.15) is 0 Å². The Morgan fingerprint density at radius 3 is 3.00 bits per heavy atom. The van der Waals surface area contributed by atoms with Gasteiger partial charge in [0.1, 0.15) is 0 Å². The molecule has 2 N–H and O–H groups in total. The molecule has 0 bridgehead atoms. The molecule has 98 valence electrons. The quantitative estimate of drug-likeness (QED) is 0.760. The molecule has 1 aliphatic rings. The van der Waals surface area contributed by atoms with Crippen LogP contribution in [-0.2, 0) is 0 Å². The van der Waals surface area contributed by atoms with Crippen molar-refractivity contribution in [1.29, 1.82) is 0 Å². The highest BCUT2D eigenvalue weighted by atomic mass is 16.1. The summed E-state index contributed by atoms with van der Waals surface area (Å²) in [4.78, 5) is 21.7. The average molecular weight is 256 g/mol. The van der Waals surface area contributed by atoms with Crippen molar-refractivity contribution < 1.29 is 4.79 Å². The van der Waals surface area contributed by atoms with Crippen molar-refractivity contribution in [3.63, 3.8) is 0 Å². The third-order valence-electron chi connectivity index (χ3n) is 3.74. The van der Waals surface area contributed by atoms with Gasteiger partial charge in [-0.05, 0) is 44.1 Å². The van der Waals surface area contributed by atoms with Gasteiger partial charge in [0.25, 0.3) is 5.91 Å². The number of carbonyl (C=O) groups excluding carboxylic acids is 1. The lowest BCUT2D eigenvalue weighted by Gasteiger charge is -2.29. The van der Waals surface area contributed by atoms with Crippen molar-refractivity contribution in [3.8, 4) is 0 Å². The standard InChI is InChI=1S/C13H17BN4O/c14-18-5-3-10(4-6-18)17-13(19)9-1-2-11-12(7-9)16-8-15-11/h1-2,7-8,10H,3-6,14H2,(H,15,16)(H,17,19). The second-order valence-corrected chi connectivity index (χ2v) is 5.19. The van der Waals surface area contributed by atoms with Crippen LogP contribution in [0.5, 0.6) is 0 Å². The van der Waals surface area contributed by atoms with Gasteiger partial charge in [0.15, 0.2) is 7.98 Å². The molecule has 0 unspecified atom stereocenters. The van der Waals surface area contributed by atoms with Crippen LogP contribution in [0.2, 0.25) is 0 Å². The van der Waals surface area contributed by atoms with E-state index in [0.717, 1.165) is 37.0 Å². The topological polar surface area (TPSA) is 61.0 Å². The lowest BCUT2D eigenvalue weighted by atomic mass is 10.0. The number of hydrogen-bond acceptors (Lipinski definition) is 3. The van der Waals surface area contributed by atoms with E-state index in [0.29, 0.717) is 11.6 Å². The van der Waals surface area contributed by atoms with Crippen molar-refractivity contribution in [2.75, 3.05) is 13.1 Å². The minimum Gasteiger partial charge on any atom is -0.349 e. The number of amides is 1. The second-order valence-electron chi connectivity index (χ2n) is 5.19. The summed E-state index contributed by atoms with van der Waals surface area (Å²) in [5, 5.41) is 3.11. The summed E-state index contributed by atoms with van der Waals surface area (Å²) in [7, 11) is 2.12. The van der Waals surface area contributed by atoms with Crippen LogP contribution in [0.1, 0.15) is 23.2 Å². The van der Waals surface area contributed by atoms with Crippen molar-refractivity contribution >= 4 is 24.9 Å². The summed E-state index contributed by atoms with van der Waals surface area (Å²) in [5.41, 5.74) is 2.47. The summed E-state index contributed by atoms with van der Waals surface area (Å²) in [5.74, 6) is 0.00560. The van der Waals surface area contributed by atoms with Gasteiger partial charge in [-0.15, -0.1) is 0 Å². The molecule has 1 saturated heterocycles. The first-order chi connectivity index (χ1) is 9.22. The number of imidazole rings is 1. The molecule has 1 aromatic carbocycles. The molecule has 19 heavy (non-hydrogen) atoms. The van der Waals surface area contributed by atoms with Gasteiger partial charge in [0, 0.05) is 11.6 Å². The maximum Gasteiger partial charge on any atom is 0.251 e. The molecular weight excluding hydrogens is 239 g/mol. The maximum absolute atomic E-state index is 12.2. The monoisotopic (exact) mass is 256 g/mol. The predicted molar refractivity (Wildman–Crippen MR) is 76.7 cm³/mol. The molecular formula is C13H17BN4O. The van der Waals surface area contributed by atoms with E-state index in [4.69, 9.17) is 0 Å². The highest BCUT2D eigenvalue weighted by molar-refractivity contribution is 6.04. The zero-order valence-corrected chi connectivity index (χ0v) is 11.0. The van der Waals surface area contributed by atoms with E-state index >= 15 is 0 Å². The van der Waals surface area contributed by atoms with E-state index in [1.807, 2.05) is 18.2 Å². The number of hydrogen-bond donors (Lipinski definition) is 2. The lowest BCUT2D eigenvalue weighted by Crippen LogP contribution is -2.43. The van der Waals surface area contributed by atoms with Crippen LogP contribution in [0.15, 0.2) is 24.5 Å². The number of piperidine rings is 1. The van der Waals surface area contributed by atoms with Crippen LogP contribution >= 0.6 is 0 Å². The van der Waals surface area contributed by atoms with Crippen LogP contribution in [0.3, 0.4) is 0 Å². The summed E-state index contributed by atoms with van der Waals surface area (Å²) in [6.07, 6.45) is 3.69. The highest BCUT2D eigenvalue weighted by Crippen LogP contribution is 2.13. The number of aromatic nitrogens is 2. The Kier molecular flexibility index (Phi) is 3.25. The molecule has 0 saturated carbocycles. The fourth-order valence-corrected chi connectivity index (χ4v) is 2.50. The number of carbonyl (C=O) groups is 1. The van der Waals surface area contributed by atoms with Crippen LogP contribution in [0.25, 0.3) is 11.0 Å². The number of nitrogens with one attached hydrogen (secondary N) is 2. The first-order valence-electron chi connectivity index (χ1n) is 6.65. The smallest absolute Gasteiger partial charge is 0.251 e. The number of rotatable bonds is 2. The number of benzene rings is 1. The minimum atomic E-state index is 0.00560. The van der Waals surface area contributed by atoms with Crippen LogP contribution in [0, 0.1) is 0 Å². The number of aromatic amines is 1. The van der Waals surface area contributed by atoms with Gasteiger partial charge in [-0.3, -0.25) is 4.79 Å². The molecule has 1 aliphatic heterocycles. The molecule has 0 radical (unpaired) electrons. The summed E-state index contributed by atoms with van der Waals surface area (Å²) < 4.78 is 0. The van der Waals surface area contributed by atoms with Crippen molar-refractivity contribution in [1.82, 2.24) is 20.1 Å². The Morgan fingerprint density at radius 1 is 1.42 bits per heavy atom. The summed E-state index contributed by atoms with van der Waals surface area (Å²) in [6, 6.07) is 5.84.